The van der Waals surface area contributed by atoms with Crippen LogP contribution in [0.5, 0.6) is 0 Å². The van der Waals surface area contributed by atoms with Crippen LogP contribution in [-0.4, -0.2) is 45.1 Å². The lowest BCUT2D eigenvalue weighted by molar-refractivity contribution is 0.0728. The normalized spacial score (nSPS) is 11.4. The molecule has 0 spiro atoms. The van der Waals surface area contributed by atoms with Crippen molar-refractivity contribution in [3.8, 4) is 0 Å². The fourth-order valence-corrected chi connectivity index (χ4v) is 2.73. The first-order valence-corrected chi connectivity index (χ1v) is 9.85. The number of rotatable bonds is 9. The lowest BCUT2D eigenvalue weighted by atomic mass is 10.1. The highest BCUT2D eigenvalue weighted by Crippen LogP contribution is 2.12. The van der Waals surface area contributed by atoms with Gasteiger partial charge < -0.3 is 15.1 Å². The summed E-state index contributed by atoms with van der Waals surface area (Å²) in [6, 6.07) is 13.0. The average molecular weight is 365 g/mol. The molecule has 1 aromatic heterocycles. The number of nitrogens with one attached hydrogen (secondary N) is 1. The van der Waals surface area contributed by atoms with Crippen LogP contribution < -0.4 is 10.5 Å². The topological polar surface area (TPSA) is 106 Å². The van der Waals surface area contributed by atoms with Crippen LogP contribution in [0.4, 0.5) is 0 Å². The van der Waals surface area contributed by atoms with E-state index in [2.05, 4.69) is 4.72 Å². The molecular weight excluding hydrogens is 342 g/mol. The van der Waals surface area contributed by atoms with Gasteiger partial charge >= 0.3 is 0 Å². The summed E-state index contributed by atoms with van der Waals surface area (Å²) < 4.78 is 30.0. The van der Waals surface area contributed by atoms with Gasteiger partial charge in [-0.1, -0.05) is 30.3 Å². The Labute approximate surface area is 147 Å². The van der Waals surface area contributed by atoms with E-state index in [4.69, 9.17) is 10.2 Å². The number of carbonyl (C=O) groups is 1. The minimum absolute atomic E-state index is 0.00696. The zero-order valence-corrected chi connectivity index (χ0v) is 15.0. The number of hydrogen-bond acceptors (Lipinski definition) is 5. The Morgan fingerprint density at radius 2 is 1.88 bits per heavy atom. The van der Waals surface area contributed by atoms with Crippen LogP contribution in [0.15, 0.2) is 46.9 Å². The van der Waals surface area contributed by atoms with Crippen molar-refractivity contribution < 1.29 is 17.6 Å². The number of benzene rings is 1. The van der Waals surface area contributed by atoms with Crippen LogP contribution in [0.25, 0.3) is 0 Å². The Morgan fingerprint density at radius 1 is 1.16 bits per heavy atom. The summed E-state index contributed by atoms with van der Waals surface area (Å²) in [5.41, 5.74) is 6.75. The van der Waals surface area contributed by atoms with Crippen LogP contribution in [0.1, 0.15) is 21.9 Å². The molecule has 0 aliphatic heterocycles. The van der Waals surface area contributed by atoms with Crippen molar-refractivity contribution in [3.63, 3.8) is 0 Å². The van der Waals surface area contributed by atoms with E-state index in [0.29, 0.717) is 25.4 Å². The fraction of sp³-hybridized carbons (Fsp3) is 0.353. The fourth-order valence-electron chi connectivity index (χ4n) is 2.33. The molecule has 25 heavy (non-hydrogen) atoms. The van der Waals surface area contributed by atoms with Crippen molar-refractivity contribution in [3.05, 3.63) is 59.5 Å². The quantitative estimate of drug-likeness (QED) is 0.689. The Balaban J connectivity index is 2.00. The van der Waals surface area contributed by atoms with Crippen molar-refractivity contribution in [2.24, 2.45) is 5.73 Å². The number of hydrogen-bond donors (Lipinski definition) is 2. The number of nitrogens with zero attached hydrogens (tertiary/aromatic N) is 1. The second-order valence-corrected chi connectivity index (χ2v) is 7.51. The second kappa shape index (κ2) is 8.80. The van der Waals surface area contributed by atoms with Gasteiger partial charge in [-0.3, -0.25) is 4.79 Å². The first-order valence-electron chi connectivity index (χ1n) is 7.95. The molecule has 0 radical (unpaired) electrons. The highest BCUT2D eigenvalue weighted by Gasteiger charge is 2.19. The molecule has 0 saturated heterocycles. The van der Waals surface area contributed by atoms with Crippen molar-refractivity contribution >= 4 is 15.9 Å². The number of furan rings is 1. The highest BCUT2D eigenvalue weighted by atomic mass is 32.2. The summed E-state index contributed by atoms with van der Waals surface area (Å²) in [6.07, 6.45) is 1.78. The van der Waals surface area contributed by atoms with Crippen LogP contribution in [-0.2, 0) is 23.0 Å². The maximum absolute atomic E-state index is 12.6. The van der Waals surface area contributed by atoms with E-state index in [1.807, 2.05) is 30.3 Å². The predicted octanol–water partition coefficient (Wildman–Crippen LogP) is 0.972. The van der Waals surface area contributed by atoms with Crippen LogP contribution >= 0.6 is 0 Å². The van der Waals surface area contributed by atoms with Gasteiger partial charge in [0.25, 0.3) is 5.91 Å². The van der Waals surface area contributed by atoms with Crippen molar-refractivity contribution in [2.45, 2.75) is 13.0 Å². The van der Waals surface area contributed by atoms with Gasteiger partial charge in [-0.05, 0) is 24.1 Å². The predicted molar refractivity (Wildman–Crippen MR) is 95.5 cm³/mol. The van der Waals surface area contributed by atoms with Gasteiger partial charge in [0.2, 0.25) is 10.0 Å². The second-order valence-electron chi connectivity index (χ2n) is 5.68. The maximum Gasteiger partial charge on any atom is 0.289 e. The summed E-state index contributed by atoms with van der Waals surface area (Å²) in [6.45, 7) is 1.30. The van der Waals surface area contributed by atoms with Crippen LogP contribution in [0, 0.1) is 0 Å². The minimum atomic E-state index is -3.32. The highest BCUT2D eigenvalue weighted by molar-refractivity contribution is 7.88. The third-order valence-corrected chi connectivity index (χ3v) is 4.25. The average Bonchev–Trinajstić information content (AvgIpc) is 3.05. The van der Waals surface area contributed by atoms with E-state index in [1.165, 1.54) is 0 Å². The Bertz CT molecular complexity index is 787. The van der Waals surface area contributed by atoms with Crippen LogP contribution in [0.2, 0.25) is 0 Å². The molecule has 0 atom stereocenters. The number of carbonyl (C=O) groups excluding carboxylic acids is 1. The molecule has 0 bridgehead atoms. The number of nitrogens with two attached hydrogens (primary N) is 1. The summed E-state index contributed by atoms with van der Waals surface area (Å²) in [4.78, 5) is 14.2. The molecule has 2 aromatic rings. The number of amides is 1. The van der Waals surface area contributed by atoms with Crippen molar-refractivity contribution in [2.75, 3.05) is 25.9 Å². The van der Waals surface area contributed by atoms with Gasteiger partial charge in [-0.15, -0.1) is 0 Å². The molecule has 7 nitrogen and oxygen atoms in total. The van der Waals surface area contributed by atoms with Crippen molar-refractivity contribution in [1.82, 2.24) is 9.62 Å². The molecule has 0 unspecified atom stereocenters. The van der Waals surface area contributed by atoms with E-state index in [0.717, 1.165) is 18.2 Å². The molecule has 0 aliphatic rings. The Hall–Kier alpha value is -2.16. The molecule has 136 valence electrons. The van der Waals surface area contributed by atoms with E-state index < -0.39 is 10.0 Å². The molecule has 2 rings (SSSR count). The van der Waals surface area contributed by atoms with Gasteiger partial charge in [-0.25, -0.2) is 13.1 Å². The molecule has 0 aliphatic carbocycles. The van der Waals surface area contributed by atoms with E-state index in [9.17, 15) is 13.2 Å². The Kier molecular flexibility index (Phi) is 6.74. The molecule has 1 amide bonds. The Morgan fingerprint density at radius 3 is 2.52 bits per heavy atom. The monoisotopic (exact) mass is 365 g/mol. The first-order chi connectivity index (χ1) is 11.9. The van der Waals surface area contributed by atoms with E-state index in [1.54, 1.807) is 17.0 Å². The SMILES string of the molecule is CS(=O)(=O)NCc1ccc(C(=O)N(CCN)CCc2ccccc2)o1. The summed E-state index contributed by atoms with van der Waals surface area (Å²) >= 11 is 0. The van der Waals surface area contributed by atoms with Gasteiger partial charge in [0.05, 0.1) is 12.8 Å². The lowest BCUT2D eigenvalue weighted by Crippen LogP contribution is -2.36. The summed E-state index contributed by atoms with van der Waals surface area (Å²) in [5, 5.41) is 0. The van der Waals surface area contributed by atoms with Crippen LogP contribution in [0.3, 0.4) is 0 Å². The maximum atomic E-state index is 12.6. The standard InChI is InChI=1S/C17H23N3O4S/c1-25(22,23)19-13-15-7-8-16(24-15)17(21)20(12-10-18)11-9-14-5-3-2-4-6-14/h2-8,19H,9-13,18H2,1H3. The third-order valence-electron chi connectivity index (χ3n) is 3.58. The van der Waals surface area contributed by atoms with Crippen molar-refractivity contribution in [1.29, 1.82) is 0 Å². The van der Waals surface area contributed by atoms with Gasteiger partial charge in [-0.2, -0.15) is 0 Å². The smallest absolute Gasteiger partial charge is 0.289 e. The van der Waals surface area contributed by atoms with Gasteiger partial charge in [0.15, 0.2) is 5.76 Å². The summed E-state index contributed by atoms with van der Waals surface area (Å²) in [7, 11) is -3.32. The van der Waals surface area contributed by atoms with Gasteiger partial charge in [0, 0.05) is 19.6 Å². The van der Waals surface area contributed by atoms with E-state index in [-0.39, 0.29) is 18.2 Å². The lowest BCUT2D eigenvalue weighted by Gasteiger charge is -2.21. The largest absolute Gasteiger partial charge is 0.455 e. The van der Waals surface area contributed by atoms with E-state index >= 15 is 0 Å². The molecular formula is C17H23N3O4S. The minimum Gasteiger partial charge on any atom is -0.455 e. The first kappa shape index (κ1) is 19.2. The molecule has 3 N–H and O–H groups in total. The zero-order valence-electron chi connectivity index (χ0n) is 14.1. The molecule has 1 heterocycles. The molecule has 8 heteroatoms. The third kappa shape index (κ3) is 6.33. The molecule has 0 saturated carbocycles. The molecule has 0 fully saturated rings. The number of sulfonamides is 1. The molecule has 1 aromatic carbocycles. The van der Waals surface area contributed by atoms with Gasteiger partial charge in [0.1, 0.15) is 5.76 Å². The zero-order chi connectivity index (χ0) is 18.3. The summed E-state index contributed by atoms with van der Waals surface area (Å²) in [5.74, 6) is 0.295.